The second-order valence-electron chi connectivity index (χ2n) is 7.89. The Kier molecular flexibility index (Phi) is 6.01. The fourth-order valence-corrected chi connectivity index (χ4v) is 5.44. The van der Waals surface area contributed by atoms with Crippen molar-refractivity contribution in [1.82, 2.24) is 9.62 Å². The van der Waals surface area contributed by atoms with Crippen LogP contribution in [0, 0.1) is 5.92 Å². The summed E-state index contributed by atoms with van der Waals surface area (Å²) in [6, 6.07) is 7.91. The van der Waals surface area contributed by atoms with Crippen molar-refractivity contribution in [3.63, 3.8) is 0 Å². The van der Waals surface area contributed by atoms with E-state index in [-0.39, 0.29) is 35.9 Å². The minimum absolute atomic E-state index is 0.0595. The second-order valence-corrected chi connectivity index (χ2v) is 9.83. The van der Waals surface area contributed by atoms with Gasteiger partial charge in [-0.15, -0.1) is 0 Å². The average molecular weight is 448 g/mol. The lowest BCUT2D eigenvalue weighted by molar-refractivity contribution is -0.126. The van der Waals surface area contributed by atoms with Gasteiger partial charge in [-0.05, 0) is 50.1 Å². The highest BCUT2D eigenvalue weighted by Crippen LogP contribution is 2.32. The highest BCUT2D eigenvalue weighted by Gasteiger charge is 2.34. The lowest BCUT2D eigenvalue weighted by Gasteiger charge is -2.32. The summed E-state index contributed by atoms with van der Waals surface area (Å²) in [5.74, 6) is 0.290. The number of fused-ring (bicyclic) bond motifs is 1. The van der Waals surface area contributed by atoms with Crippen LogP contribution in [0.3, 0.4) is 0 Å². The summed E-state index contributed by atoms with van der Waals surface area (Å²) >= 11 is 0. The normalized spacial score (nSPS) is 20.3. The molecule has 10 heteroatoms. The van der Waals surface area contributed by atoms with Crippen LogP contribution < -0.4 is 15.4 Å². The van der Waals surface area contributed by atoms with Crippen molar-refractivity contribution in [2.24, 2.45) is 5.92 Å². The molecule has 31 heavy (non-hydrogen) atoms. The zero-order valence-electron chi connectivity index (χ0n) is 17.2. The molecule has 2 aromatic rings. The van der Waals surface area contributed by atoms with Gasteiger partial charge >= 0.3 is 0 Å². The molecule has 1 aromatic heterocycles. The number of amides is 2. The third-order valence-corrected chi connectivity index (χ3v) is 7.31. The Morgan fingerprint density at radius 3 is 2.97 bits per heavy atom. The first-order chi connectivity index (χ1) is 14.8. The van der Waals surface area contributed by atoms with Crippen molar-refractivity contribution < 1.29 is 27.2 Å². The van der Waals surface area contributed by atoms with Gasteiger partial charge in [0, 0.05) is 25.6 Å². The number of rotatable bonds is 6. The molecule has 2 N–H and O–H groups in total. The molecule has 3 heterocycles. The molecule has 0 radical (unpaired) electrons. The highest BCUT2D eigenvalue weighted by atomic mass is 32.2. The van der Waals surface area contributed by atoms with Gasteiger partial charge in [-0.1, -0.05) is 0 Å². The standard InChI is InChI=1S/C21H25N3O6S/c1-14(10-16-5-3-9-29-16)22-21(26)15-4-2-8-24(12-15)31(27,28)17-6-7-19-18(11-17)23-20(25)13-30-19/h3,5-7,9,11,14-15H,2,4,8,10,12-13H2,1H3,(H,22,26)(H,23,25)/t14-,15+/m0/s1. The van der Waals surface area contributed by atoms with E-state index in [0.29, 0.717) is 37.2 Å². The third-order valence-electron chi connectivity index (χ3n) is 5.45. The Morgan fingerprint density at radius 1 is 1.35 bits per heavy atom. The highest BCUT2D eigenvalue weighted by molar-refractivity contribution is 7.89. The first-order valence-electron chi connectivity index (χ1n) is 10.2. The van der Waals surface area contributed by atoms with E-state index in [9.17, 15) is 18.0 Å². The molecule has 1 aromatic carbocycles. The van der Waals surface area contributed by atoms with E-state index in [1.165, 1.54) is 22.5 Å². The van der Waals surface area contributed by atoms with Crippen molar-refractivity contribution in [3.8, 4) is 5.75 Å². The summed E-state index contributed by atoms with van der Waals surface area (Å²) in [6.45, 7) is 2.25. The average Bonchev–Trinajstić information content (AvgIpc) is 3.26. The third kappa shape index (κ3) is 4.75. The minimum atomic E-state index is -3.82. The van der Waals surface area contributed by atoms with E-state index in [4.69, 9.17) is 9.15 Å². The number of anilines is 1. The Bertz CT molecular complexity index is 1070. The molecule has 1 saturated heterocycles. The van der Waals surface area contributed by atoms with Gasteiger partial charge in [0.2, 0.25) is 15.9 Å². The SMILES string of the molecule is C[C@@H](Cc1ccco1)NC(=O)[C@@H]1CCCN(S(=O)(=O)c2ccc3c(c2)NC(=O)CO3)C1. The van der Waals surface area contributed by atoms with Gasteiger partial charge in [0.25, 0.3) is 5.91 Å². The number of piperidine rings is 1. The van der Waals surface area contributed by atoms with E-state index in [1.807, 2.05) is 13.0 Å². The predicted octanol–water partition coefficient (Wildman–Crippen LogP) is 1.76. The topological polar surface area (TPSA) is 118 Å². The van der Waals surface area contributed by atoms with Crippen molar-refractivity contribution >= 4 is 27.5 Å². The quantitative estimate of drug-likeness (QED) is 0.697. The van der Waals surface area contributed by atoms with Crippen LogP contribution in [-0.2, 0) is 26.0 Å². The number of nitrogens with zero attached hydrogens (tertiary/aromatic N) is 1. The Morgan fingerprint density at radius 2 is 2.19 bits per heavy atom. The van der Waals surface area contributed by atoms with Crippen molar-refractivity contribution in [3.05, 3.63) is 42.4 Å². The molecule has 0 bridgehead atoms. The van der Waals surface area contributed by atoms with Gasteiger partial charge in [-0.2, -0.15) is 4.31 Å². The van der Waals surface area contributed by atoms with Gasteiger partial charge in [0.1, 0.15) is 11.5 Å². The number of ether oxygens (including phenoxy) is 1. The Hall–Kier alpha value is -2.85. The number of carbonyl (C=O) groups excluding carboxylic acids is 2. The maximum Gasteiger partial charge on any atom is 0.262 e. The van der Waals surface area contributed by atoms with Crippen molar-refractivity contribution in [1.29, 1.82) is 0 Å². The van der Waals surface area contributed by atoms with E-state index < -0.39 is 15.9 Å². The van der Waals surface area contributed by atoms with Crippen molar-refractivity contribution in [2.75, 3.05) is 25.0 Å². The van der Waals surface area contributed by atoms with Crippen LogP contribution in [0.1, 0.15) is 25.5 Å². The van der Waals surface area contributed by atoms with Gasteiger partial charge in [0.05, 0.1) is 22.8 Å². The van der Waals surface area contributed by atoms with E-state index in [1.54, 1.807) is 12.3 Å². The Balaban J connectivity index is 1.43. The second kappa shape index (κ2) is 8.72. The summed E-state index contributed by atoms with van der Waals surface area (Å²) in [6.07, 6.45) is 3.37. The monoisotopic (exact) mass is 447 g/mol. The summed E-state index contributed by atoms with van der Waals surface area (Å²) in [4.78, 5) is 24.4. The minimum Gasteiger partial charge on any atom is -0.482 e. The molecule has 9 nitrogen and oxygen atoms in total. The van der Waals surface area contributed by atoms with Crippen LogP contribution in [0.5, 0.6) is 5.75 Å². The summed E-state index contributed by atoms with van der Waals surface area (Å²) in [5, 5.41) is 5.58. The van der Waals surface area contributed by atoms with Gasteiger partial charge in [-0.3, -0.25) is 9.59 Å². The van der Waals surface area contributed by atoms with Crippen LogP contribution in [0.4, 0.5) is 5.69 Å². The van der Waals surface area contributed by atoms with Crippen LogP contribution in [0.25, 0.3) is 0 Å². The number of nitrogens with one attached hydrogen (secondary N) is 2. The summed E-state index contributed by atoms with van der Waals surface area (Å²) < 4.78 is 38.3. The summed E-state index contributed by atoms with van der Waals surface area (Å²) in [7, 11) is -3.82. The molecular formula is C21H25N3O6S. The molecule has 0 aliphatic carbocycles. The lowest BCUT2D eigenvalue weighted by atomic mass is 9.98. The number of carbonyl (C=O) groups is 2. The number of benzene rings is 1. The van der Waals surface area contributed by atoms with E-state index >= 15 is 0 Å². The smallest absolute Gasteiger partial charge is 0.262 e. The van der Waals surface area contributed by atoms with Gasteiger partial charge in [0.15, 0.2) is 6.61 Å². The molecule has 2 atom stereocenters. The number of sulfonamides is 1. The predicted molar refractivity (Wildman–Crippen MR) is 112 cm³/mol. The molecule has 2 amide bonds. The van der Waals surface area contributed by atoms with Gasteiger partial charge in [-0.25, -0.2) is 8.42 Å². The molecule has 2 aliphatic heterocycles. The number of hydrogen-bond acceptors (Lipinski definition) is 6. The number of hydrogen-bond donors (Lipinski definition) is 2. The molecular weight excluding hydrogens is 422 g/mol. The summed E-state index contributed by atoms with van der Waals surface area (Å²) in [5.41, 5.74) is 0.329. The molecule has 1 fully saturated rings. The van der Waals surface area contributed by atoms with E-state index in [2.05, 4.69) is 10.6 Å². The van der Waals surface area contributed by atoms with Crippen LogP contribution >= 0.6 is 0 Å². The number of furan rings is 1. The molecule has 166 valence electrons. The zero-order chi connectivity index (χ0) is 22.0. The first-order valence-corrected chi connectivity index (χ1v) is 11.7. The fraction of sp³-hybridized carbons (Fsp3) is 0.429. The maximum atomic E-state index is 13.2. The van der Waals surface area contributed by atoms with Crippen LogP contribution in [0.15, 0.2) is 45.9 Å². The van der Waals surface area contributed by atoms with Gasteiger partial charge < -0.3 is 19.8 Å². The Labute approximate surface area is 180 Å². The van der Waals surface area contributed by atoms with Crippen LogP contribution in [-0.4, -0.2) is 50.3 Å². The largest absolute Gasteiger partial charge is 0.482 e. The fourth-order valence-electron chi connectivity index (χ4n) is 3.89. The maximum absolute atomic E-state index is 13.2. The molecule has 4 rings (SSSR count). The molecule has 0 unspecified atom stereocenters. The van der Waals surface area contributed by atoms with Crippen molar-refractivity contribution in [2.45, 2.75) is 37.1 Å². The lowest BCUT2D eigenvalue weighted by Crippen LogP contribution is -2.47. The molecule has 2 aliphatic rings. The zero-order valence-corrected chi connectivity index (χ0v) is 18.0. The first kappa shape index (κ1) is 21.4. The molecule has 0 spiro atoms. The van der Waals surface area contributed by atoms with Crippen LogP contribution in [0.2, 0.25) is 0 Å². The molecule has 0 saturated carbocycles. The van der Waals surface area contributed by atoms with E-state index in [0.717, 1.165) is 5.76 Å².